The molecule has 0 bridgehead atoms. The molecule has 0 aromatic heterocycles. The fraction of sp³-hybridized carbons (Fsp3) is 0.444. The summed E-state index contributed by atoms with van der Waals surface area (Å²) in [5.41, 5.74) is 1.22. The summed E-state index contributed by atoms with van der Waals surface area (Å²) in [6, 6.07) is 2.15. The minimum atomic E-state index is -0.768. The zero-order valence-electron chi connectivity index (χ0n) is 15.4. The van der Waals surface area contributed by atoms with E-state index in [9.17, 15) is 9.59 Å². The Labute approximate surface area is 157 Å². The second kappa shape index (κ2) is 8.31. The van der Waals surface area contributed by atoms with Crippen molar-refractivity contribution in [3.05, 3.63) is 34.0 Å². The highest BCUT2D eigenvalue weighted by Gasteiger charge is 2.34. The number of ether oxygens (including phenoxy) is 3. The van der Waals surface area contributed by atoms with Crippen LogP contribution in [0.4, 0.5) is 4.79 Å². The highest BCUT2D eigenvalue weighted by atomic mass is 35.5. The second-order valence-electron chi connectivity index (χ2n) is 6.27. The van der Waals surface area contributed by atoms with Gasteiger partial charge in [0.2, 0.25) is 0 Å². The molecule has 7 nitrogen and oxygen atoms in total. The lowest BCUT2D eigenvalue weighted by Crippen LogP contribution is -2.45. The number of esters is 1. The smallest absolute Gasteiger partial charge is 0.338 e. The first kappa shape index (κ1) is 19.9. The predicted octanol–water partition coefficient (Wildman–Crippen LogP) is 3.18. The Morgan fingerprint density at radius 2 is 1.96 bits per heavy atom. The standard InChI is InChI=1S/C18H23ClN2O5/c1-9(2)8-26-17(22)13-10(3)20-18(23)21-15(13)11-6-7-12(24-4)16(25-5)14(11)19/h6-7,9,15H,8H2,1-5H3,(H2,20,21,23). The molecule has 1 aliphatic rings. The maximum absolute atomic E-state index is 12.6. The average Bonchev–Trinajstić information content (AvgIpc) is 2.58. The largest absolute Gasteiger partial charge is 0.493 e. The van der Waals surface area contributed by atoms with Crippen LogP contribution in [0.15, 0.2) is 23.4 Å². The van der Waals surface area contributed by atoms with E-state index in [1.807, 2.05) is 13.8 Å². The van der Waals surface area contributed by atoms with Crippen LogP contribution in [0, 0.1) is 5.92 Å². The lowest BCUT2D eigenvalue weighted by molar-refractivity contribution is -0.140. The number of nitrogens with one attached hydrogen (secondary N) is 2. The number of hydrogen-bond donors (Lipinski definition) is 2. The summed E-state index contributed by atoms with van der Waals surface area (Å²) in [5, 5.41) is 5.57. The van der Waals surface area contributed by atoms with E-state index in [4.69, 9.17) is 25.8 Å². The first-order chi connectivity index (χ1) is 12.3. The molecule has 0 saturated carbocycles. The number of carbonyl (C=O) groups excluding carboxylic acids is 2. The number of hydrogen-bond acceptors (Lipinski definition) is 5. The van der Waals surface area contributed by atoms with Gasteiger partial charge in [-0.2, -0.15) is 0 Å². The number of allylic oxidation sites excluding steroid dienone is 1. The molecular weight excluding hydrogens is 360 g/mol. The average molecular weight is 383 g/mol. The molecule has 1 atom stereocenters. The minimum Gasteiger partial charge on any atom is -0.493 e. The van der Waals surface area contributed by atoms with Crippen molar-refractivity contribution in [2.45, 2.75) is 26.8 Å². The molecule has 1 heterocycles. The third kappa shape index (κ3) is 4.04. The molecule has 2 N–H and O–H groups in total. The van der Waals surface area contributed by atoms with E-state index >= 15 is 0 Å². The lowest BCUT2D eigenvalue weighted by atomic mass is 9.95. The summed E-state index contributed by atoms with van der Waals surface area (Å²) in [5.74, 6) is 0.451. The van der Waals surface area contributed by atoms with Crippen molar-refractivity contribution in [1.82, 2.24) is 10.6 Å². The Morgan fingerprint density at radius 1 is 1.27 bits per heavy atom. The maximum atomic E-state index is 12.6. The van der Waals surface area contributed by atoms with Crippen molar-refractivity contribution >= 4 is 23.6 Å². The summed E-state index contributed by atoms with van der Waals surface area (Å²) >= 11 is 6.47. The normalized spacial score (nSPS) is 16.9. The van der Waals surface area contributed by atoms with Gasteiger partial charge < -0.3 is 24.8 Å². The third-order valence-corrected chi connectivity index (χ3v) is 4.25. The van der Waals surface area contributed by atoms with Gasteiger partial charge in [0, 0.05) is 11.3 Å². The summed E-state index contributed by atoms with van der Waals surface area (Å²) in [4.78, 5) is 24.6. The van der Waals surface area contributed by atoms with Gasteiger partial charge in [0.25, 0.3) is 0 Å². The minimum absolute atomic E-state index is 0.189. The molecule has 1 aromatic carbocycles. The molecule has 142 valence electrons. The highest BCUT2D eigenvalue weighted by molar-refractivity contribution is 6.33. The summed E-state index contributed by atoms with van der Waals surface area (Å²) in [6.45, 7) is 5.80. The predicted molar refractivity (Wildman–Crippen MR) is 97.5 cm³/mol. The first-order valence-corrected chi connectivity index (χ1v) is 8.53. The number of rotatable bonds is 6. The summed E-state index contributed by atoms with van der Waals surface area (Å²) < 4.78 is 15.9. The van der Waals surface area contributed by atoms with Crippen molar-refractivity contribution in [3.63, 3.8) is 0 Å². The van der Waals surface area contributed by atoms with E-state index in [2.05, 4.69) is 10.6 Å². The molecule has 1 aromatic rings. The van der Waals surface area contributed by atoms with Gasteiger partial charge in [0.1, 0.15) is 0 Å². The molecule has 1 unspecified atom stereocenters. The third-order valence-electron chi connectivity index (χ3n) is 3.86. The van der Waals surface area contributed by atoms with E-state index in [1.165, 1.54) is 14.2 Å². The first-order valence-electron chi connectivity index (χ1n) is 8.15. The van der Waals surface area contributed by atoms with Crippen molar-refractivity contribution in [1.29, 1.82) is 0 Å². The zero-order valence-corrected chi connectivity index (χ0v) is 16.2. The van der Waals surface area contributed by atoms with Crippen molar-refractivity contribution in [2.24, 2.45) is 5.92 Å². The van der Waals surface area contributed by atoms with Gasteiger partial charge in [0.05, 0.1) is 37.5 Å². The van der Waals surface area contributed by atoms with Crippen LogP contribution < -0.4 is 20.1 Å². The molecule has 2 amide bonds. The van der Waals surface area contributed by atoms with Gasteiger partial charge >= 0.3 is 12.0 Å². The molecular formula is C18H23ClN2O5. The summed E-state index contributed by atoms with van der Waals surface area (Å²) in [6.07, 6.45) is 0. The van der Waals surface area contributed by atoms with Crippen LogP contribution in [0.3, 0.4) is 0 Å². The summed E-state index contributed by atoms with van der Waals surface area (Å²) in [7, 11) is 2.96. The number of amides is 2. The molecule has 8 heteroatoms. The molecule has 0 saturated heterocycles. The molecule has 0 aliphatic carbocycles. The van der Waals surface area contributed by atoms with Crippen LogP contribution in [-0.2, 0) is 9.53 Å². The van der Waals surface area contributed by atoms with Gasteiger partial charge in [-0.05, 0) is 18.9 Å². The van der Waals surface area contributed by atoms with E-state index < -0.39 is 18.0 Å². The van der Waals surface area contributed by atoms with Crippen molar-refractivity contribution in [3.8, 4) is 11.5 Å². The van der Waals surface area contributed by atoms with E-state index in [0.29, 0.717) is 28.3 Å². The van der Waals surface area contributed by atoms with Gasteiger partial charge in [-0.15, -0.1) is 0 Å². The van der Waals surface area contributed by atoms with E-state index in [0.717, 1.165) is 0 Å². The van der Waals surface area contributed by atoms with Crippen molar-refractivity contribution in [2.75, 3.05) is 20.8 Å². The molecule has 0 fully saturated rings. The molecule has 26 heavy (non-hydrogen) atoms. The van der Waals surface area contributed by atoms with Crippen LogP contribution in [0.25, 0.3) is 0 Å². The monoisotopic (exact) mass is 382 g/mol. The second-order valence-corrected chi connectivity index (χ2v) is 6.64. The number of benzene rings is 1. The number of halogens is 1. The van der Waals surface area contributed by atoms with E-state index in [-0.39, 0.29) is 17.5 Å². The molecule has 1 aliphatic heterocycles. The Kier molecular flexibility index (Phi) is 6.37. The molecule has 0 spiro atoms. The Balaban J connectivity index is 2.49. The number of carbonyl (C=O) groups is 2. The maximum Gasteiger partial charge on any atom is 0.338 e. The fourth-order valence-corrected chi connectivity index (χ4v) is 2.99. The SMILES string of the molecule is COc1ccc(C2NC(=O)NC(C)=C2C(=O)OCC(C)C)c(Cl)c1OC. The van der Waals surface area contributed by atoms with Crippen LogP contribution in [0.5, 0.6) is 11.5 Å². The highest BCUT2D eigenvalue weighted by Crippen LogP contribution is 2.42. The van der Waals surface area contributed by atoms with Gasteiger partial charge in [0.15, 0.2) is 11.5 Å². The zero-order chi connectivity index (χ0) is 19.4. The van der Waals surface area contributed by atoms with Gasteiger partial charge in [-0.25, -0.2) is 9.59 Å². The van der Waals surface area contributed by atoms with Crippen LogP contribution in [-0.4, -0.2) is 32.8 Å². The van der Waals surface area contributed by atoms with Gasteiger partial charge in [-0.3, -0.25) is 0 Å². The van der Waals surface area contributed by atoms with Crippen LogP contribution >= 0.6 is 11.6 Å². The Morgan fingerprint density at radius 3 is 2.54 bits per heavy atom. The van der Waals surface area contributed by atoms with Crippen LogP contribution in [0.2, 0.25) is 5.02 Å². The number of urea groups is 1. The van der Waals surface area contributed by atoms with Crippen LogP contribution in [0.1, 0.15) is 32.4 Å². The topological polar surface area (TPSA) is 85.9 Å². The van der Waals surface area contributed by atoms with E-state index in [1.54, 1.807) is 19.1 Å². The van der Waals surface area contributed by atoms with Gasteiger partial charge in [-0.1, -0.05) is 31.5 Å². The Bertz CT molecular complexity index is 745. The molecule has 2 rings (SSSR count). The lowest BCUT2D eigenvalue weighted by Gasteiger charge is -2.29. The Hall–Kier alpha value is -2.41. The molecule has 0 radical (unpaired) electrons. The number of methoxy groups -OCH3 is 2. The van der Waals surface area contributed by atoms with Crippen molar-refractivity contribution < 1.29 is 23.8 Å². The fourth-order valence-electron chi connectivity index (χ4n) is 2.65. The quantitative estimate of drug-likeness (QED) is 0.738.